The van der Waals surface area contributed by atoms with Crippen LogP contribution in [0.1, 0.15) is 41.0 Å². The molecule has 1 spiro atoms. The second kappa shape index (κ2) is 6.81. The van der Waals surface area contributed by atoms with Crippen LogP contribution in [0.25, 0.3) is 5.69 Å². The number of aromatic nitrogens is 1. The van der Waals surface area contributed by atoms with Gasteiger partial charge in [0.15, 0.2) is 5.78 Å². The highest BCUT2D eigenvalue weighted by atomic mass is 32.2. The lowest BCUT2D eigenvalue weighted by Gasteiger charge is -2.34. The Kier molecular flexibility index (Phi) is 4.57. The Morgan fingerprint density at radius 1 is 1.21 bits per heavy atom. The molecule has 6 nitrogen and oxygen atoms in total. The summed E-state index contributed by atoms with van der Waals surface area (Å²) in [6.45, 7) is 3.62. The van der Waals surface area contributed by atoms with Gasteiger partial charge in [-0.3, -0.25) is 14.5 Å². The van der Waals surface area contributed by atoms with E-state index < -0.39 is 11.6 Å². The van der Waals surface area contributed by atoms with Gasteiger partial charge in [-0.2, -0.15) is 0 Å². The van der Waals surface area contributed by atoms with Crippen LogP contribution in [0.4, 0.5) is 4.79 Å². The first-order chi connectivity index (χ1) is 13.4. The largest absolute Gasteiger partial charge is 0.325 e. The number of aryl methyl sites for hydroxylation is 1. The lowest BCUT2D eigenvalue weighted by atomic mass is 9.77. The molecule has 1 saturated carbocycles. The Bertz CT molecular complexity index is 991. The molecule has 0 atom stereocenters. The number of nitrogens with zero attached hydrogens (tertiary/aromatic N) is 2. The minimum absolute atomic E-state index is 0.221. The van der Waals surface area contributed by atoms with Crippen LogP contribution in [0.15, 0.2) is 35.2 Å². The zero-order valence-electron chi connectivity index (χ0n) is 16.2. The summed E-state index contributed by atoms with van der Waals surface area (Å²) in [7, 11) is 0. The van der Waals surface area contributed by atoms with E-state index >= 15 is 0 Å². The van der Waals surface area contributed by atoms with Gasteiger partial charge in [-0.05, 0) is 63.6 Å². The fraction of sp³-hybridized carbons (Fsp3) is 0.381. The van der Waals surface area contributed by atoms with Gasteiger partial charge in [0, 0.05) is 27.5 Å². The Balaban J connectivity index is 1.61. The van der Waals surface area contributed by atoms with E-state index in [1.54, 1.807) is 11.8 Å². The molecule has 1 aromatic heterocycles. The first-order valence-electron chi connectivity index (χ1n) is 9.37. The molecule has 28 heavy (non-hydrogen) atoms. The van der Waals surface area contributed by atoms with E-state index in [0.717, 1.165) is 33.3 Å². The molecule has 1 aliphatic carbocycles. The number of carbonyl (C=O) groups excluding carboxylic acids is 3. The lowest BCUT2D eigenvalue weighted by Crippen LogP contribution is -2.52. The summed E-state index contributed by atoms with van der Waals surface area (Å²) in [6.07, 6.45) is 4.26. The molecule has 0 bridgehead atoms. The number of urea groups is 1. The summed E-state index contributed by atoms with van der Waals surface area (Å²) >= 11 is 1.66. The summed E-state index contributed by atoms with van der Waals surface area (Å²) in [5.41, 5.74) is 2.52. The van der Waals surface area contributed by atoms with Crippen molar-refractivity contribution in [3.63, 3.8) is 0 Å². The van der Waals surface area contributed by atoms with Gasteiger partial charge in [0.1, 0.15) is 5.54 Å². The van der Waals surface area contributed by atoms with Crippen LogP contribution in [0, 0.1) is 13.8 Å². The topological polar surface area (TPSA) is 71.4 Å². The van der Waals surface area contributed by atoms with E-state index in [9.17, 15) is 14.4 Å². The number of ketones is 1. The number of thioether (sulfide) groups is 1. The predicted octanol–water partition coefficient (Wildman–Crippen LogP) is 3.47. The second-order valence-corrected chi connectivity index (χ2v) is 8.38. The summed E-state index contributed by atoms with van der Waals surface area (Å²) in [5, 5.41) is 2.77. The number of Topliss-reactive ketones (excluding diaryl/α,β-unsaturated/α-hetero) is 1. The maximum absolute atomic E-state index is 13.0. The highest BCUT2D eigenvalue weighted by Crippen LogP contribution is 2.37. The molecule has 3 amide bonds. The average Bonchev–Trinajstić information content (AvgIpc) is 3.09. The number of nitrogens with one attached hydrogen (secondary N) is 1. The van der Waals surface area contributed by atoms with Crippen molar-refractivity contribution in [2.24, 2.45) is 0 Å². The third-order valence-electron chi connectivity index (χ3n) is 5.80. The normalized spacial score (nSPS) is 17.8. The molecule has 0 unspecified atom stereocenters. The van der Waals surface area contributed by atoms with Gasteiger partial charge >= 0.3 is 6.03 Å². The molecule has 1 saturated heterocycles. The Morgan fingerprint density at radius 3 is 2.57 bits per heavy atom. The van der Waals surface area contributed by atoms with Crippen LogP contribution in [0.5, 0.6) is 0 Å². The third-order valence-corrected chi connectivity index (χ3v) is 6.52. The van der Waals surface area contributed by atoms with E-state index in [1.807, 2.05) is 48.9 Å². The fourth-order valence-electron chi connectivity index (χ4n) is 4.11. The molecule has 2 aliphatic rings. The molecular formula is C21H23N3O3S. The molecule has 7 heteroatoms. The molecule has 2 fully saturated rings. The quantitative estimate of drug-likeness (QED) is 0.476. The van der Waals surface area contributed by atoms with Crippen LogP contribution in [-0.2, 0) is 4.79 Å². The van der Waals surface area contributed by atoms with E-state index in [0.29, 0.717) is 18.4 Å². The van der Waals surface area contributed by atoms with Crippen molar-refractivity contribution in [2.75, 3.05) is 12.8 Å². The first-order valence-corrected chi connectivity index (χ1v) is 10.6. The highest BCUT2D eigenvalue weighted by molar-refractivity contribution is 7.98. The summed E-state index contributed by atoms with van der Waals surface area (Å²) in [4.78, 5) is 40.0. The molecule has 2 aromatic rings. The molecule has 4 rings (SSSR count). The zero-order chi connectivity index (χ0) is 20.1. The first kappa shape index (κ1) is 18.8. The maximum atomic E-state index is 13.0. The average molecular weight is 398 g/mol. The van der Waals surface area contributed by atoms with Crippen molar-refractivity contribution in [1.82, 2.24) is 14.8 Å². The number of benzene rings is 1. The minimum atomic E-state index is -0.757. The number of rotatable bonds is 5. The Morgan fingerprint density at radius 2 is 1.96 bits per heavy atom. The predicted molar refractivity (Wildman–Crippen MR) is 108 cm³/mol. The number of imide groups is 1. The van der Waals surface area contributed by atoms with Crippen molar-refractivity contribution >= 4 is 29.5 Å². The minimum Gasteiger partial charge on any atom is -0.323 e. The Labute approximate surface area is 168 Å². The van der Waals surface area contributed by atoms with Gasteiger partial charge in [-0.15, -0.1) is 11.8 Å². The second-order valence-electron chi connectivity index (χ2n) is 7.50. The van der Waals surface area contributed by atoms with Crippen LogP contribution < -0.4 is 5.32 Å². The summed E-state index contributed by atoms with van der Waals surface area (Å²) in [6, 6.07) is 9.50. The number of amides is 3. The molecule has 1 aromatic carbocycles. The molecular weight excluding hydrogens is 374 g/mol. The van der Waals surface area contributed by atoms with Gasteiger partial charge in [-0.1, -0.05) is 6.07 Å². The fourth-order valence-corrected chi connectivity index (χ4v) is 4.56. The van der Waals surface area contributed by atoms with Gasteiger partial charge < -0.3 is 9.88 Å². The SMILES string of the molecule is CSc1cccc(-n2c(C)cc(C(=O)CN3C(=O)NC4(CCC4)C3=O)c2C)c1. The van der Waals surface area contributed by atoms with Crippen molar-refractivity contribution in [3.05, 3.63) is 47.3 Å². The van der Waals surface area contributed by atoms with Crippen LogP contribution in [0.2, 0.25) is 0 Å². The van der Waals surface area contributed by atoms with Gasteiger partial charge in [0.05, 0.1) is 6.54 Å². The zero-order valence-corrected chi connectivity index (χ0v) is 17.1. The lowest BCUT2D eigenvalue weighted by molar-refractivity contribution is -0.133. The van der Waals surface area contributed by atoms with Crippen LogP contribution >= 0.6 is 11.8 Å². The summed E-state index contributed by atoms with van der Waals surface area (Å²) < 4.78 is 2.03. The molecule has 1 N–H and O–H groups in total. The smallest absolute Gasteiger partial charge is 0.323 e. The monoisotopic (exact) mass is 397 g/mol. The third kappa shape index (κ3) is 2.85. The van der Waals surface area contributed by atoms with Crippen molar-refractivity contribution < 1.29 is 14.4 Å². The number of hydrogen-bond acceptors (Lipinski definition) is 4. The van der Waals surface area contributed by atoms with Gasteiger partial charge in [0.2, 0.25) is 0 Å². The molecule has 146 valence electrons. The Hall–Kier alpha value is -2.54. The van der Waals surface area contributed by atoms with E-state index in [1.165, 1.54) is 0 Å². The number of carbonyl (C=O) groups is 3. The van der Waals surface area contributed by atoms with Crippen molar-refractivity contribution in [2.45, 2.75) is 43.5 Å². The van der Waals surface area contributed by atoms with Crippen molar-refractivity contribution in [3.8, 4) is 5.69 Å². The van der Waals surface area contributed by atoms with Gasteiger partial charge in [0.25, 0.3) is 5.91 Å². The van der Waals surface area contributed by atoms with E-state index in [-0.39, 0.29) is 18.2 Å². The van der Waals surface area contributed by atoms with Crippen LogP contribution in [-0.4, -0.2) is 45.5 Å². The number of hydrogen-bond donors (Lipinski definition) is 1. The molecule has 1 aliphatic heterocycles. The highest BCUT2D eigenvalue weighted by Gasteiger charge is 2.55. The van der Waals surface area contributed by atoms with Crippen molar-refractivity contribution in [1.29, 1.82) is 0 Å². The maximum Gasteiger partial charge on any atom is 0.325 e. The standard InChI is InChI=1S/C21H23N3O3S/c1-13-10-17(14(2)24(13)15-6-4-7-16(11-15)28-3)18(25)12-23-19(26)21(8-5-9-21)22-20(23)27/h4,6-7,10-11H,5,8-9,12H2,1-3H3,(H,22,27). The van der Waals surface area contributed by atoms with E-state index in [2.05, 4.69) is 11.4 Å². The van der Waals surface area contributed by atoms with Gasteiger partial charge in [-0.25, -0.2) is 4.79 Å². The molecule has 2 heterocycles. The van der Waals surface area contributed by atoms with E-state index in [4.69, 9.17) is 0 Å². The molecule has 0 radical (unpaired) electrons. The summed E-state index contributed by atoms with van der Waals surface area (Å²) in [5.74, 6) is -0.487. The van der Waals surface area contributed by atoms with Crippen LogP contribution in [0.3, 0.4) is 0 Å².